The first-order valence-corrected chi connectivity index (χ1v) is 9.50. The molecule has 0 atom stereocenters. The minimum Gasteiger partial charge on any atom is -0.454 e. The lowest BCUT2D eigenvalue weighted by molar-refractivity contribution is -0.385. The second-order valence-electron chi connectivity index (χ2n) is 6.10. The van der Waals surface area contributed by atoms with Crippen molar-refractivity contribution in [3.63, 3.8) is 0 Å². The van der Waals surface area contributed by atoms with E-state index in [4.69, 9.17) is 4.74 Å². The van der Waals surface area contributed by atoms with E-state index in [1.54, 1.807) is 18.0 Å². The number of nitro groups is 1. The molecule has 1 aliphatic heterocycles. The molecule has 1 heterocycles. The van der Waals surface area contributed by atoms with Crippen molar-refractivity contribution in [2.75, 3.05) is 18.6 Å². The fourth-order valence-corrected chi connectivity index (χ4v) is 3.92. The van der Waals surface area contributed by atoms with E-state index in [-0.39, 0.29) is 16.8 Å². The van der Waals surface area contributed by atoms with Crippen LogP contribution in [0.3, 0.4) is 0 Å². The maximum Gasteiger partial charge on any atom is 0.331 e. The molecule has 1 aliphatic rings. The van der Waals surface area contributed by atoms with E-state index in [9.17, 15) is 25.0 Å². The summed E-state index contributed by atoms with van der Waals surface area (Å²) >= 11 is 1.30. The molecule has 0 N–H and O–H groups in total. The number of para-hydroxylation sites is 2. The van der Waals surface area contributed by atoms with Crippen LogP contribution in [0, 0.1) is 21.4 Å². The molecule has 0 aromatic heterocycles. The summed E-state index contributed by atoms with van der Waals surface area (Å²) in [6.07, 6.45) is 2.24. The molecule has 150 valence electrons. The van der Waals surface area contributed by atoms with E-state index in [2.05, 4.69) is 0 Å². The zero-order valence-electron chi connectivity index (χ0n) is 15.8. The summed E-state index contributed by atoms with van der Waals surface area (Å²) in [6, 6.07) is 15.3. The van der Waals surface area contributed by atoms with Gasteiger partial charge in [-0.15, -0.1) is 0 Å². The predicted molar refractivity (Wildman–Crippen MR) is 111 cm³/mol. The molecule has 0 aliphatic carbocycles. The molecule has 0 saturated heterocycles. The van der Waals surface area contributed by atoms with Crippen LogP contribution in [0.4, 0.5) is 11.4 Å². The number of esters is 1. The topological polar surface area (TPSA) is 114 Å². The number of benzene rings is 2. The van der Waals surface area contributed by atoms with Crippen molar-refractivity contribution in [1.82, 2.24) is 0 Å². The van der Waals surface area contributed by atoms with Crippen molar-refractivity contribution in [2.45, 2.75) is 4.90 Å². The average molecular weight is 421 g/mol. The van der Waals surface area contributed by atoms with Gasteiger partial charge in [-0.05, 0) is 24.3 Å². The number of ketones is 1. The third-order valence-electron chi connectivity index (χ3n) is 4.22. The smallest absolute Gasteiger partial charge is 0.331 e. The monoisotopic (exact) mass is 421 g/mol. The molecule has 3 rings (SSSR count). The van der Waals surface area contributed by atoms with Crippen molar-refractivity contribution in [1.29, 1.82) is 5.26 Å². The van der Waals surface area contributed by atoms with Gasteiger partial charge < -0.3 is 9.64 Å². The van der Waals surface area contributed by atoms with Gasteiger partial charge in [-0.1, -0.05) is 36.0 Å². The summed E-state index contributed by atoms with van der Waals surface area (Å²) in [6.45, 7) is -0.614. The molecule has 8 nitrogen and oxygen atoms in total. The highest BCUT2D eigenvalue weighted by Gasteiger charge is 2.28. The lowest BCUT2D eigenvalue weighted by atomic mass is 10.1. The Morgan fingerprint density at radius 2 is 1.93 bits per heavy atom. The highest BCUT2D eigenvalue weighted by molar-refractivity contribution is 8.03. The maximum atomic E-state index is 12.5. The second kappa shape index (κ2) is 9.07. The number of carbonyl (C=O) groups excluding carboxylic acids is 2. The molecule has 30 heavy (non-hydrogen) atoms. The number of carbonyl (C=O) groups is 2. The van der Waals surface area contributed by atoms with E-state index in [0.29, 0.717) is 5.03 Å². The summed E-state index contributed by atoms with van der Waals surface area (Å²) < 4.78 is 4.92. The molecule has 0 fully saturated rings. The Morgan fingerprint density at radius 3 is 2.63 bits per heavy atom. The van der Waals surface area contributed by atoms with E-state index in [1.165, 1.54) is 36.0 Å². The van der Waals surface area contributed by atoms with Crippen LogP contribution in [-0.4, -0.2) is 30.3 Å². The summed E-state index contributed by atoms with van der Waals surface area (Å²) in [7, 11) is 1.75. The quantitative estimate of drug-likeness (QED) is 0.228. The van der Waals surface area contributed by atoms with Crippen molar-refractivity contribution in [3.8, 4) is 6.07 Å². The van der Waals surface area contributed by atoms with Gasteiger partial charge in [-0.2, -0.15) is 5.26 Å². The fraction of sp³-hybridized carbons (Fsp3) is 0.0952. The van der Waals surface area contributed by atoms with Gasteiger partial charge in [0.1, 0.15) is 16.7 Å². The molecule has 0 spiro atoms. The van der Waals surface area contributed by atoms with Crippen molar-refractivity contribution in [2.24, 2.45) is 0 Å². The minimum atomic E-state index is -0.848. The van der Waals surface area contributed by atoms with Gasteiger partial charge in [0.05, 0.1) is 16.2 Å². The molecule has 9 heteroatoms. The number of anilines is 1. The predicted octanol–water partition coefficient (Wildman–Crippen LogP) is 3.70. The average Bonchev–Trinajstić information content (AvgIpc) is 3.08. The first-order chi connectivity index (χ1) is 14.4. The van der Waals surface area contributed by atoms with Crippen LogP contribution in [0.2, 0.25) is 0 Å². The first kappa shape index (κ1) is 20.8. The van der Waals surface area contributed by atoms with Crippen LogP contribution in [-0.2, 0) is 14.3 Å². The molecule has 0 radical (unpaired) electrons. The molecule has 0 unspecified atom stereocenters. The molecule has 2 aromatic rings. The Hall–Kier alpha value is -3.90. The third-order valence-corrected chi connectivity index (χ3v) is 5.46. The standard InChI is InChI=1S/C21H15N3O5S/c1-23-17-8-4-5-9-19(17)30-21(23)15(12-22)18(25)13-29-20(26)11-10-14-6-2-3-7-16(14)24(27)28/h2-11H,13H2,1H3/b11-10+,21-15-. The van der Waals surface area contributed by atoms with Crippen LogP contribution in [0.5, 0.6) is 0 Å². The highest BCUT2D eigenvalue weighted by atomic mass is 32.2. The number of thioether (sulfide) groups is 1. The van der Waals surface area contributed by atoms with Crippen molar-refractivity contribution < 1.29 is 19.2 Å². The van der Waals surface area contributed by atoms with Crippen LogP contribution in [0.25, 0.3) is 6.08 Å². The SMILES string of the molecule is CN1/C(=C(\C#N)C(=O)COC(=O)/C=C/c2ccccc2[N+](=O)[O-])Sc2ccccc21. The van der Waals surface area contributed by atoms with Gasteiger partial charge in [0.15, 0.2) is 6.61 Å². The zero-order valence-corrected chi connectivity index (χ0v) is 16.6. The first-order valence-electron chi connectivity index (χ1n) is 8.69. The number of hydrogen-bond acceptors (Lipinski definition) is 8. The lowest BCUT2D eigenvalue weighted by Crippen LogP contribution is -2.19. The summed E-state index contributed by atoms with van der Waals surface area (Å²) in [5, 5.41) is 20.9. The second-order valence-corrected chi connectivity index (χ2v) is 7.13. The Morgan fingerprint density at radius 1 is 1.23 bits per heavy atom. The van der Waals surface area contributed by atoms with Gasteiger partial charge in [-0.25, -0.2) is 4.79 Å². The summed E-state index contributed by atoms with van der Waals surface area (Å²) in [5.41, 5.74) is 0.846. The van der Waals surface area contributed by atoms with Crippen molar-refractivity contribution in [3.05, 3.63) is 80.9 Å². The molecule has 0 saturated carbocycles. The van der Waals surface area contributed by atoms with Crippen molar-refractivity contribution >= 4 is 41.0 Å². The van der Waals surface area contributed by atoms with Crippen LogP contribution < -0.4 is 4.90 Å². The Bertz CT molecular complexity index is 1130. The number of nitriles is 1. The lowest BCUT2D eigenvalue weighted by Gasteiger charge is -2.14. The van der Waals surface area contributed by atoms with Gasteiger partial charge in [0.25, 0.3) is 5.69 Å². The molecule has 0 bridgehead atoms. The normalized spacial score (nSPS) is 14.2. The Kier molecular flexibility index (Phi) is 6.29. The van der Waals surface area contributed by atoms with E-state index in [1.807, 2.05) is 30.3 Å². The number of nitrogens with zero attached hydrogens (tertiary/aromatic N) is 3. The van der Waals surface area contributed by atoms with E-state index in [0.717, 1.165) is 16.7 Å². The van der Waals surface area contributed by atoms with Crippen LogP contribution >= 0.6 is 11.8 Å². The minimum absolute atomic E-state index is 0.103. The van der Waals surface area contributed by atoms with E-state index >= 15 is 0 Å². The number of rotatable bonds is 6. The highest BCUT2D eigenvalue weighted by Crippen LogP contribution is 2.46. The number of Topliss-reactive ketones (excluding diaryl/α,β-unsaturated/α-hetero) is 1. The van der Waals surface area contributed by atoms with Gasteiger partial charge in [-0.3, -0.25) is 14.9 Å². The number of ether oxygens (including phenoxy) is 1. The zero-order chi connectivity index (χ0) is 21.7. The van der Waals surface area contributed by atoms with Gasteiger partial charge in [0.2, 0.25) is 5.78 Å². The molecular weight excluding hydrogens is 406 g/mol. The number of nitro benzene ring substituents is 1. The van der Waals surface area contributed by atoms with E-state index < -0.39 is 23.3 Å². The summed E-state index contributed by atoms with van der Waals surface area (Å²) in [4.78, 5) is 37.5. The Labute approximate surface area is 176 Å². The largest absolute Gasteiger partial charge is 0.454 e. The number of fused-ring (bicyclic) bond motifs is 1. The van der Waals surface area contributed by atoms with Gasteiger partial charge in [0, 0.05) is 24.1 Å². The maximum absolute atomic E-state index is 12.5. The molecular formula is C21H15N3O5S. The fourth-order valence-electron chi connectivity index (χ4n) is 2.76. The van der Waals surface area contributed by atoms with Crippen LogP contribution in [0.1, 0.15) is 5.56 Å². The molecule has 0 amide bonds. The number of hydrogen-bond donors (Lipinski definition) is 0. The molecule has 2 aromatic carbocycles. The van der Waals surface area contributed by atoms with Gasteiger partial charge >= 0.3 is 5.97 Å². The van der Waals surface area contributed by atoms with Crippen LogP contribution in [0.15, 0.2) is 70.1 Å². The summed E-state index contributed by atoms with van der Waals surface area (Å²) in [5.74, 6) is -1.48. The Balaban J connectivity index is 1.67. The third kappa shape index (κ3) is 4.39.